The van der Waals surface area contributed by atoms with Crippen molar-refractivity contribution in [2.24, 2.45) is 12.8 Å². The molecule has 1 aliphatic heterocycles. The van der Waals surface area contributed by atoms with Crippen molar-refractivity contribution in [3.05, 3.63) is 53.3 Å². The molecule has 0 unspecified atom stereocenters. The number of primary amides is 1. The molecule has 0 saturated carbocycles. The second-order valence-electron chi connectivity index (χ2n) is 6.74. The Hall–Kier alpha value is -2.67. The Bertz CT molecular complexity index is 786. The number of carbonyl (C=O) groups excluding carboxylic acids is 2. The third kappa shape index (κ3) is 3.94. The number of hydrogen-bond donors (Lipinski definition) is 1. The van der Waals surface area contributed by atoms with Crippen molar-refractivity contribution in [2.45, 2.75) is 19.4 Å². The van der Waals surface area contributed by atoms with Crippen molar-refractivity contribution in [3.63, 3.8) is 0 Å². The third-order valence-corrected chi connectivity index (χ3v) is 4.88. The summed E-state index contributed by atoms with van der Waals surface area (Å²) in [6.45, 7) is 4.08. The van der Waals surface area contributed by atoms with Crippen LogP contribution in [0.15, 0.2) is 36.5 Å². The van der Waals surface area contributed by atoms with E-state index in [9.17, 15) is 9.59 Å². The van der Waals surface area contributed by atoms with Crippen molar-refractivity contribution >= 4 is 11.8 Å². The lowest BCUT2D eigenvalue weighted by molar-refractivity contribution is -0.125. The molecule has 1 aliphatic rings. The summed E-state index contributed by atoms with van der Waals surface area (Å²) in [6, 6.07) is 9.68. The van der Waals surface area contributed by atoms with Gasteiger partial charge in [0, 0.05) is 39.4 Å². The van der Waals surface area contributed by atoms with E-state index in [0.29, 0.717) is 30.9 Å². The summed E-state index contributed by atoms with van der Waals surface area (Å²) < 4.78 is 1.63. The number of hydrogen-bond acceptors (Lipinski definition) is 4. The second kappa shape index (κ2) is 7.70. The highest BCUT2D eigenvalue weighted by atomic mass is 16.2. The van der Waals surface area contributed by atoms with E-state index in [1.165, 1.54) is 5.56 Å². The average Bonchev–Trinajstić information content (AvgIpc) is 2.98. The zero-order valence-corrected chi connectivity index (χ0v) is 15.3. The lowest BCUT2D eigenvalue weighted by Gasteiger charge is -2.39. The molecule has 26 heavy (non-hydrogen) atoms. The number of piperazine rings is 1. The molecule has 0 aliphatic carbocycles. The van der Waals surface area contributed by atoms with Crippen LogP contribution in [0.2, 0.25) is 0 Å². The third-order valence-electron chi connectivity index (χ3n) is 4.88. The maximum Gasteiger partial charge on any atom is 0.257 e. The Labute approximate surface area is 153 Å². The van der Waals surface area contributed by atoms with Gasteiger partial charge in [-0.25, -0.2) is 0 Å². The molecule has 1 saturated heterocycles. The minimum atomic E-state index is -0.464. The quantitative estimate of drug-likeness (QED) is 0.850. The lowest BCUT2D eigenvalue weighted by Crippen LogP contribution is -2.59. The van der Waals surface area contributed by atoms with Gasteiger partial charge in [-0.3, -0.25) is 19.2 Å². The van der Waals surface area contributed by atoms with E-state index in [1.54, 1.807) is 22.8 Å². The number of nitrogens with zero attached hydrogens (tertiary/aromatic N) is 4. The standard InChI is InChI=1S/C19H25N5O2/c1-14-16(12-22(2)21-14)19(26)24-11-10-23(17(13-24)18(20)25)9-8-15-6-4-3-5-7-15/h3-7,12,17H,8-11,13H2,1-2H3,(H2,20,25)/t17-/m0/s1. The minimum absolute atomic E-state index is 0.0930. The van der Waals surface area contributed by atoms with Gasteiger partial charge >= 0.3 is 0 Å². The Morgan fingerprint density at radius 3 is 2.58 bits per heavy atom. The minimum Gasteiger partial charge on any atom is -0.368 e. The van der Waals surface area contributed by atoms with E-state index in [2.05, 4.69) is 22.1 Å². The molecule has 2 aromatic rings. The largest absolute Gasteiger partial charge is 0.368 e. The summed E-state index contributed by atoms with van der Waals surface area (Å²) in [7, 11) is 1.79. The molecular formula is C19H25N5O2. The van der Waals surface area contributed by atoms with Gasteiger partial charge in [-0.05, 0) is 18.9 Å². The maximum atomic E-state index is 12.8. The predicted molar refractivity (Wildman–Crippen MR) is 98.5 cm³/mol. The normalized spacial score (nSPS) is 18.1. The van der Waals surface area contributed by atoms with Crippen LogP contribution in [-0.2, 0) is 18.3 Å². The fraction of sp³-hybridized carbons (Fsp3) is 0.421. The molecule has 2 N–H and O–H groups in total. The summed E-state index contributed by atoms with van der Waals surface area (Å²) in [5, 5.41) is 4.23. The first kappa shape index (κ1) is 18.1. The fourth-order valence-corrected chi connectivity index (χ4v) is 3.44. The van der Waals surface area contributed by atoms with Gasteiger partial charge < -0.3 is 10.6 Å². The average molecular weight is 355 g/mol. The molecule has 7 heteroatoms. The first-order chi connectivity index (χ1) is 12.5. The number of rotatable bonds is 5. The Morgan fingerprint density at radius 2 is 1.96 bits per heavy atom. The highest BCUT2D eigenvalue weighted by molar-refractivity contribution is 5.95. The van der Waals surface area contributed by atoms with Crippen molar-refractivity contribution in [2.75, 3.05) is 26.2 Å². The highest BCUT2D eigenvalue weighted by Gasteiger charge is 2.33. The van der Waals surface area contributed by atoms with Crippen LogP contribution in [0.4, 0.5) is 0 Å². The molecule has 1 aromatic carbocycles. The van der Waals surface area contributed by atoms with E-state index in [-0.39, 0.29) is 5.91 Å². The van der Waals surface area contributed by atoms with Crippen molar-refractivity contribution in [1.29, 1.82) is 0 Å². The number of benzene rings is 1. The Balaban J connectivity index is 1.67. The number of amides is 2. The second-order valence-corrected chi connectivity index (χ2v) is 6.74. The summed E-state index contributed by atoms with van der Waals surface area (Å²) in [5.74, 6) is -0.483. The topological polar surface area (TPSA) is 84.5 Å². The summed E-state index contributed by atoms with van der Waals surface area (Å²) in [4.78, 5) is 28.6. The maximum absolute atomic E-state index is 12.8. The number of carbonyl (C=O) groups is 2. The first-order valence-corrected chi connectivity index (χ1v) is 8.82. The van der Waals surface area contributed by atoms with Crippen LogP contribution in [-0.4, -0.2) is 63.6 Å². The smallest absolute Gasteiger partial charge is 0.257 e. The van der Waals surface area contributed by atoms with Gasteiger partial charge in [-0.1, -0.05) is 30.3 Å². The van der Waals surface area contributed by atoms with Crippen LogP contribution in [0, 0.1) is 6.92 Å². The number of aromatic nitrogens is 2. The van der Waals surface area contributed by atoms with Gasteiger partial charge in [-0.2, -0.15) is 5.10 Å². The van der Waals surface area contributed by atoms with Crippen molar-refractivity contribution < 1.29 is 9.59 Å². The van der Waals surface area contributed by atoms with Crippen LogP contribution in [0.3, 0.4) is 0 Å². The molecule has 7 nitrogen and oxygen atoms in total. The van der Waals surface area contributed by atoms with Crippen LogP contribution in [0.5, 0.6) is 0 Å². The van der Waals surface area contributed by atoms with Crippen molar-refractivity contribution in [3.8, 4) is 0 Å². The van der Waals surface area contributed by atoms with Gasteiger partial charge in [0.25, 0.3) is 5.91 Å². The highest BCUT2D eigenvalue weighted by Crippen LogP contribution is 2.16. The van der Waals surface area contributed by atoms with Gasteiger partial charge in [0.15, 0.2) is 0 Å². The number of aryl methyl sites for hydroxylation is 2. The van der Waals surface area contributed by atoms with Crippen LogP contribution in [0.1, 0.15) is 21.6 Å². The monoisotopic (exact) mass is 355 g/mol. The molecule has 2 amide bonds. The van der Waals surface area contributed by atoms with Gasteiger partial charge in [-0.15, -0.1) is 0 Å². The molecule has 2 heterocycles. The van der Waals surface area contributed by atoms with Crippen molar-refractivity contribution in [1.82, 2.24) is 19.6 Å². The zero-order chi connectivity index (χ0) is 18.7. The van der Waals surface area contributed by atoms with E-state index in [1.807, 2.05) is 25.1 Å². The van der Waals surface area contributed by atoms with Crippen LogP contribution >= 0.6 is 0 Å². The van der Waals surface area contributed by atoms with E-state index in [0.717, 1.165) is 13.0 Å². The van der Waals surface area contributed by atoms with Gasteiger partial charge in [0.1, 0.15) is 6.04 Å². The molecule has 1 atom stereocenters. The predicted octanol–water partition coefficient (Wildman–Crippen LogP) is 0.583. The molecular weight excluding hydrogens is 330 g/mol. The molecule has 0 bridgehead atoms. The summed E-state index contributed by atoms with van der Waals surface area (Å²) in [6.07, 6.45) is 2.57. The van der Waals surface area contributed by atoms with Gasteiger partial charge in [0.2, 0.25) is 5.91 Å². The zero-order valence-electron chi connectivity index (χ0n) is 15.3. The van der Waals surface area contributed by atoms with Crippen LogP contribution in [0.25, 0.3) is 0 Å². The fourth-order valence-electron chi connectivity index (χ4n) is 3.44. The molecule has 3 rings (SSSR count). The molecule has 1 aromatic heterocycles. The van der Waals surface area contributed by atoms with E-state index in [4.69, 9.17) is 5.73 Å². The Morgan fingerprint density at radius 1 is 1.23 bits per heavy atom. The number of nitrogens with two attached hydrogens (primary N) is 1. The molecule has 0 radical (unpaired) electrons. The van der Waals surface area contributed by atoms with Crippen LogP contribution < -0.4 is 5.73 Å². The summed E-state index contributed by atoms with van der Waals surface area (Å²) in [5.41, 5.74) is 8.12. The van der Waals surface area contributed by atoms with E-state index >= 15 is 0 Å². The molecule has 138 valence electrons. The first-order valence-electron chi connectivity index (χ1n) is 8.82. The molecule has 1 fully saturated rings. The lowest BCUT2D eigenvalue weighted by atomic mass is 10.1. The summed E-state index contributed by atoms with van der Waals surface area (Å²) >= 11 is 0. The van der Waals surface area contributed by atoms with E-state index < -0.39 is 11.9 Å². The van der Waals surface area contributed by atoms with Gasteiger partial charge in [0.05, 0.1) is 11.3 Å². The molecule has 0 spiro atoms. The Kier molecular flexibility index (Phi) is 5.37. The SMILES string of the molecule is Cc1nn(C)cc1C(=O)N1CCN(CCc2ccccc2)[C@H](C(N)=O)C1.